The maximum absolute atomic E-state index is 5.35. The van der Waals surface area contributed by atoms with Crippen molar-refractivity contribution in [2.45, 2.75) is 51.9 Å². The minimum absolute atomic E-state index is 0.0298. The van der Waals surface area contributed by atoms with Gasteiger partial charge in [0, 0.05) is 6.21 Å². The highest BCUT2D eigenvalue weighted by Gasteiger charge is 2.46. The molecule has 0 aromatic carbocycles. The Balaban J connectivity index is 2.40. The van der Waals surface area contributed by atoms with Crippen LogP contribution >= 0.6 is 0 Å². The van der Waals surface area contributed by atoms with Crippen LogP contribution < -0.4 is 0 Å². The number of rotatable bonds is 1. The molecule has 0 aliphatic carbocycles. The monoisotopic (exact) mass is 155 g/mol. The van der Waals surface area contributed by atoms with Gasteiger partial charge in [0.25, 0.3) is 0 Å². The third-order valence-corrected chi connectivity index (χ3v) is 1.66. The van der Waals surface area contributed by atoms with E-state index in [1.54, 1.807) is 0 Å². The molecule has 64 valence electrons. The fourth-order valence-corrected chi connectivity index (χ4v) is 0.794. The van der Waals surface area contributed by atoms with Crippen LogP contribution in [0.2, 0.25) is 0 Å². The molecule has 0 bridgehead atoms. The number of aliphatic imine (C=N–C) groups is 1. The SMILES string of the molecule is CC(C)(C)N=C[C@H]1OC1(C)C. The molecule has 0 spiro atoms. The van der Waals surface area contributed by atoms with Crippen molar-refractivity contribution in [3.63, 3.8) is 0 Å². The molecule has 2 heteroatoms. The van der Waals surface area contributed by atoms with Gasteiger partial charge in [0.15, 0.2) is 0 Å². The van der Waals surface area contributed by atoms with Crippen LogP contribution in [0.1, 0.15) is 34.6 Å². The second-order valence-corrected chi connectivity index (χ2v) is 4.59. The lowest BCUT2D eigenvalue weighted by Crippen LogP contribution is -2.12. The van der Waals surface area contributed by atoms with E-state index in [1.165, 1.54) is 0 Å². The van der Waals surface area contributed by atoms with E-state index >= 15 is 0 Å². The first kappa shape index (κ1) is 8.72. The van der Waals surface area contributed by atoms with Gasteiger partial charge in [-0.2, -0.15) is 0 Å². The van der Waals surface area contributed by atoms with Crippen LogP contribution in [0.3, 0.4) is 0 Å². The van der Waals surface area contributed by atoms with E-state index in [4.69, 9.17) is 4.74 Å². The van der Waals surface area contributed by atoms with Gasteiger partial charge in [-0.05, 0) is 34.6 Å². The molecule has 1 saturated heterocycles. The van der Waals surface area contributed by atoms with Crippen molar-refractivity contribution in [3.8, 4) is 0 Å². The standard InChI is InChI=1S/C9H17NO/c1-8(2,3)10-6-7-9(4,5)11-7/h6-7H,1-5H3/t7-/m1/s1. The predicted molar refractivity (Wildman–Crippen MR) is 47.2 cm³/mol. The Kier molecular flexibility index (Phi) is 1.83. The minimum atomic E-state index is 0.0298. The molecule has 1 rings (SSSR count). The van der Waals surface area contributed by atoms with E-state index < -0.39 is 0 Å². The highest BCUT2D eigenvalue weighted by atomic mass is 16.6. The molecular weight excluding hydrogens is 138 g/mol. The first-order valence-corrected chi connectivity index (χ1v) is 4.04. The lowest BCUT2D eigenvalue weighted by Gasteiger charge is -2.10. The summed E-state index contributed by atoms with van der Waals surface area (Å²) >= 11 is 0. The van der Waals surface area contributed by atoms with Gasteiger partial charge < -0.3 is 4.74 Å². The van der Waals surface area contributed by atoms with Crippen molar-refractivity contribution in [2.75, 3.05) is 0 Å². The smallest absolute Gasteiger partial charge is 0.121 e. The summed E-state index contributed by atoms with van der Waals surface area (Å²) < 4.78 is 5.35. The summed E-state index contributed by atoms with van der Waals surface area (Å²) in [5, 5.41) is 0. The quantitative estimate of drug-likeness (QED) is 0.420. The van der Waals surface area contributed by atoms with Crippen LogP contribution in [0.25, 0.3) is 0 Å². The fraction of sp³-hybridized carbons (Fsp3) is 0.889. The summed E-state index contributed by atoms with van der Waals surface area (Å²) in [4.78, 5) is 4.36. The molecule has 1 fully saturated rings. The van der Waals surface area contributed by atoms with Gasteiger partial charge >= 0.3 is 0 Å². The van der Waals surface area contributed by atoms with E-state index in [2.05, 4.69) is 39.6 Å². The Morgan fingerprint density at radius 2 is 1.82 bits per heavy atom. The minimum Gasteiger partial charge on any atom is -0.361 e. The zero-order valence-electron chi connectivity index (χ0n) is 8.01. The van der Waals surface area contributed by atoms with E-state index in [-0.39, 0.29) is 17.2 Å². The molecular formula is C9H17NO. The van der Waals surface area contributed by atoms with Gasteiger partial charge in [0.1, 0.15) is 6.10 Å². The van der Waals surface area contributed by atoms with Gasteiger partial charge in [-0.1, -0.05) is 0 Å². The van der Waals surface area contributed by atoms with Gasteiger partial charge in [0.2, 0.25) is 0 Å². The maximum Gasteiger partial charge on any atom is 0.121 e. The van der Waals surface area contributed by atoms with E-state index in [9.17, 15) is 0 Å². The van der Waals surface area contributed by atoms with Gasteiger partial charge in [-0.3, -0.25) is 4.99 Å². The number of nitrogens with zero attached hydrogens (tertiary/aromatic N) is 1. The third kappa shape index (κ3) is 2.62. The van der Waals surface area contributed by atoms with Crippen molar-refractivity contribution in [2.24, 2.45) is 4.99 Å². The molecule has 0 unspecified atom stereocenters. The second kappa shape index (κ2) is 2.31. The summed E-state index contributed by atoms with van der Waals surface area (Å²) in [5.41, 5.74) is 0.0663. The molecule has 1 aliphatic heterocycles. The van der Waals surface area contributed by atoms with Crippen molar-refractivity contribution in [3.05, 3.63) is 0 Å². The average molecular weight is 155 g/mol. The molecule has 0 N–H and O–H groups in total. The Morgan fingerprint density at radius 1 is 1.36 bits per heavy atom. The lowest BCUT2D eigenvalue weighted by atomic mass is 10.1. The van der Waals surface area contributed by atoms with Crippen molar-refractivity contribution < 1.29 is 4.74 Å². The van der Waals surface area contributed by atoms with Gasteiger partial charge in [-0.15, -0.1) is 0 Å². The van der Waals surface area contributed by atoms with Crippen LogP contribution in [0.5, 0.6) is 0 Å². The molecule has 1 aliphatic rings. The topological polar surface area (TPSA) is 24.9 Å². The summed E-state index contributed by atoms with van der Waals surface area (Å²) in [6.45, 7) is 10.4. The molecule has 11 heavy (non-hydrogen) atoms. The lowest BCUT2D eigenvalue weighted by molar-refractivity contribution is 0.337. The zero-order chi connectivity index (χ0) is 8.70. The number of hydrogen-bond donors (Lipinski definition) is 0. The number of hydrogen-bond acceptors (Lipinski definition) is 2. The summed E-state index contributed by atoms with van der Waals surface area (Å²) in [6, 6.07) is 0. The van der Waals surface area contributed by atoms with Crippen LogP contribution in [0, 0.1) is 0 Å². The fourth-order valence-electron chi connectivity index (χ4n) is 0.794. The van der Waals surface area contributed by atoms with Crippen LogP contribution in [-0.4, -0.2) is 23.5 Å². The van der Waals surface area contributed by atoms with Crippen LogP contribution in [0.4, 0.5) is 0 Å². The van der Waals surface area contributed by atoms with E-state index in [1.807, 2.05) is 6.21 Å². The maximum atomic E-state index is 5.35. The molecule has 1 atom stereocenters. The van der Waals surface area contributed by atoms with E-state index in [0.29, 0.717) is 0 Å². The van der Waals surface area contributed by atoms with Crippen molar-refractivity contribution >= 4 is 6.21 Å². The first-order valence-electron chi connectivity index (χ1n) is 4.04. The number of ether oxygens (including phenoxy) is 1. The Hall–Kier alpha value is -0.370. The normalized spacial score (nSPS) is 29.4. The Bertz CT molecular complexity index is 176. The van der Waals surface area contributed by atoms with Crippen molar-refractivity contribution in [1.29, 1.82) is 0 Å². The van der Waals surface area contributed by atoms with E-state index in [0.717, 1.165) is 0 Å². The zero-order valence-corrected chi connectivity index (χ0v) is 8.01. The predicted octanol–water partition coefficient (Wildman–Crippen LogP) is 2.03. The summed E-state index contributed by atoms with van der Waals surface area (Å²) in [7, 11) is 0. The largest absolute Gasteiger partial charge is 0.361 e. The number of epoxide rings is 1. The molecule has 0 saturated carbocycles. The Labute approximate surface area is 68.7 Å². The molecule has 1 heterocycles. The molecule has 2 nitrogen and oxygen atoms in total. The first-order chi connectivity index (χ1) is 4.81. The van der Waals surface area contributed by atoms with Gasteiger partial charge in [-0.25, -0.2) is 0 Å². The molecule has 0 radical (unpaired) electrons. The second-order valence-electron chi connectivity index (χ2n) is 4.59. The van der Waals surface area contributed by atoms with Gasteiger partial charge in [0.05, 0.1) is 11.1 Å². The molecule has 0 amide bonds. The van der Waals surface area contributed by atoms with Crippen LogP contribution in [-0.2, 0) is 4.74 Å². The molecule has 0 aromatic rings. The van der Waals surface area contributed by atoms with Crippen molar-refractivity contribution in [1.82, 2.24) is 0 Å². The molecule has 0 aromatic heterocycles. The summed E-state index contributed by atoms with van der Waals surface area (Å²) in [6.07, 6.45) is 2.15. The third-order valence-electron chi connectivity index (χ3n) is 1.66. The highest BCUT2D eigenvalue weighted by molar-refractivity contribution is 5.68. The average Bonchev–Trinajstić information content (AvgIpc) is 2.33. The summed E-state index contributed by atoms with van der Waals surface area (Å²) in [5.74, 6) is 0. The Morgan fingerprint density at radius 3 is 2.09 bits per heavy atom. The highest BCUT2D eigenvalue weighted by Crippen LogP contribution is 2.33. The van der Waals surface area contributed by atoms with Crippen LogP contribution in [0.15, 0.2) is 4.99 Å².